The fourth-order valence-corrected chi connectivity index (χ4v) is 1.68. The lowest BCUT2D eigenvalue weighted by atomic mass is 10.1. The molecule has 0 unspecified atom stereocenters. The van der Waals surface area contributed by atoms with Gasteiger partial charge in [0.1, 0.15) is 0 Å². The summed E-state index contributed by atoms with van der Waals surface area (Å²) in [7, 11) is 5.99. The van der Waals surface area contributed by atoms with Crippen molar-refractivity contribution in [1.82, 2.24) is 0 Å². The van der Waals surface area contributed by atoms with Crippen LogP contribution < -0.4 is 12.4 Å². The molecule has 0 aliphatic carbocycles. The van der Waals surface area contributed by atoms with Gasteiger partial charge in [-0.25, -0.2) is 4.79 Å². The predicted octanol–water partition coefficient (Wildman–Crippen LogP) is -0.00960. The minimum absolute atomic E-state index is 0. The van der Waals surface area contributed by atoms with Crippen LogP contribution in [0.2, 0.25) is 0 Å². The first-order valence-electron chi connectivity index (χ1n) is 6.92. The van der Waals surface area contributed by atoms with E-state index in [9.17, 15) is 4.79 Å². The monoisotopic (exact) mass is 279 g/mol. The van der Waals surface area contributed by atoms with Crippen molar-refractivity contribution >= 4 is 5.97 Å². The summed E-state index contributed by atoms with van der Waals surface area (Å²) in [6.07, 6.45) is 8.77. The van der Waals surface area contributed by atoms with Crippen LogP contribution in [0.3, 0.4) is 0 Å². The van der Waals surface area contributed by atoms with Crippen LogP contribution >= 0.6 is 0 Å². The molecule has 0 aromatic rings. The molecule has 18 heavy (non-hydrogen) atoms. The maximum Gasteiger partial charge on any atom is 0.361 e. The number of nitrogens with zero attached hydrogens (tertiary/aromatic N) is 1. The molecule has 0 aromatic carbocycles. The minimum Gasteiger partial charge on any atom is -1.00 e. The fourth-order valence-electron chi connectivity index (χ4n) is 1.68. The van der Waals surface area contributed by atoms with Crippen LogP contribution in [0.1, 0.15) is 51.9 Å². The van der Waals surface area contributed by atoms with Crippen molar-refractivity contribution in [2.45, 2.75) is 51.9 Å². The summed E-state index contributed by atoms with van der Waals surface area (Å²) >= 11 is 0. The Labute approximate surface area is 119 Å². The molecular formula is C14H30ClNO2. The Morgan fingerprint density at radius 2 is 1.44 bits per heavy atom. The zero-order valence-electron chi connectivity index (χ0n) is 12.5. The number of ether oxygens (including phenoxy) is 1. The molecular weight excluding hydrogens is 250 g/mol. The maximum absolute atomic E-state index is 11.4. The second-order valence-corrected chi connectivity index (χ2v) is 5.79. The van der Waals surface area contributed by atoms with Gasteiger partial charge in [-0.1, -0.05) is 45.4 Å². The standard InChI is InChI=1S/C14H30NO2.ClH/c1-5-6-7-8-9-10-11-12-17-14(16)13-15(2,3)4;/h5-13H2,1-4H3;1H/q+1;/p-1. The van der Waals surface area contributed by atoms with Gasteiger partial charge in [0.25, 0.3) is 0 Å². The Hall–Kier alpha value is -0.280. The Balaban J connectivity index is 0. The van der Waals surface area contributed by atoms with E-state index in [-0.39, 0.29) is 18.4 Å². The van der Waals surface area contributed by atoms with Gasteiger partial charge in [-0.3, -0.25) is 0 Å². The first-order valence-corrected chi connectivity index (χ1v) is 6.92. The van der Waals surface area contributed by atoms with Gasteiger partial charge >= 0.3 is 5.97 Å². The van der Waals surface area contributed by atoms with Crippen LogP contribution in [0.15, 0.2) is 0 Å². The van der Waals surface area contributed by atoms with E-state index in [1.807, 2.05) is 21.1 Å². The number of likely N-dealkylation sites (N-methyl/N-ethyl adjacent to an activating group) is 1. The number of halogens is 1. The molecule has 0 rings (SSSR count). The highest BCUT2D eigenvalue weighted by Gasteiger charge is 2.14. The number of hydrogen-bond acceptors (Lipinski definition) is 2. The van der Waals surface area contributed by atoms with Crippen molar-refractivity contribution in [3.63, 3.8) is 0 Å². The van der Waals surface area contributed by atoms with E-state index >= 15 is 0 Å². The summed E-state index contributed by atoms with van der Waals surface area (Å²) < 4.78 is 5.83. The number of carbonyl (C=O) groups excluding carboxylic acids is 1. The zero-order valence-corrected chi connectivity index (χ0v) is 13.3. The molecule has 0 spiro atoms. The molecule has 0 aromatic heterocycles. The summed E-state index contributed by atoms with van der Waals surface area (Å²) in [5.41, 5.74) is 0. The van der Waals surface area contributed by atoms with E-state index in [4.69, 9.17) is 4.74 Å². The molecule has 0 heterocycles. The van der Waals surface area contributed by atoms with Crippen LogP contribution in [-0.2, 0) is 9.53 Å². The average molecular weight is 280 g/mol. The maximum atomic E-state index is 11.4. The van der Waals surface area contributed by atoms with Crippen molar-refractivity contribution in [2.75, 3.05) is 34.3 Å². The lowest BCUT2D eigenvalue weighted by Crippen LogP contribution is -3.00. The van der Waals surface area contributed by atoms with E-state index in [0.717, 1.165) is 6.42 Å². The van der Waals surface area contributed by atoms with Gasteiger partial charge in [0.15, 0.2) is 6.54 Å². The van der Waals surface area contributed by atoms with Crippen molar-refractivity contribution < 1.29 is 26.4 Å². The largest absolute Gasteiger partial charge is 1.00 e. The molecule has 0 amide bonds. The Morgan fingerprint density at radius 3 is 1.94 bits per heavy atom. The van der Waals surface area contributed by atoms with Crippen LogP contribution in [-0.4, -0.2) is 44.7 Å². The smallest absolute Gasteiger partial charge is 0.361 e. The molecule has 0 fully saturated rings. The first kappa shape index (κ1) is 20.0. The summed E-state index contributed by atoms with van der Waals surface area (Å²) in [6, 6.07) is 0. The normalized spacial score (nSPS) is 10.9. The summed E-state index contributed by atoms with van der Waals surface area (Å²) in [6.45, 7) is 3.27. The lowest BCUT2D eigenvalue weighted by molar-refractivity contribution is -0.862. The second-order valence-electron chi connectivity index (χ2n) is 5.79. The van der Waals surface area contributed by atoms with Gasteiger partial charge in [0.05, 0.1) is 27.7 Å². The van der Waals surface area contributed by atoms with E-state index < -0.39 is 0 Å². The van der Waals surface area contributed by atoms with Crippen LogP contribution in [0, 0.1) is 0 Å². The van der Waals surface area contributed by atoms with E-state index in [0.29, 0.717) is 17.6 Å². The van der Waals surface area contributed by atoms with Gasteiger partial charge in [-0.15, -0.1) is 0 Å². The third-order valence-corrected chi connectivity index (χ3v) is 2.61. The van der Waals surface area contributed by atoms with Gasteiger partial charge in [0.2, 0.25) is 0 Å². The van der Waals surface area contributed by atoms with Crippen molar-refractivity contribution in [2.24, 2.45) is 0 Å². The van der Waals surface area contributed by atoms with Gasteiger partial charge in [-0.05, 0) is 6.42 Å². The van der Waals surface area contributed by atoms with Crippen LogP contribution in [0.25, 0.3) is 0 Å². The van der Waals surface area contributed by atoms with Crippen molar-refractivity contribution in [3.05, 3.63) is 0 Å². The molecule has 0 saturated carbocycles. The molecule has 3 nitrogen and oxygen atoms in total. The van der Waals surface area contributed by atoms with Crippen molar-refractivity contribution in [1.29, 1.82) is 0 Å². The average Bonchev–Trinajstić information content (AvgIpc) is 2.19. The van der Waals surface area contributed by atoms with E-state index in [1.165, 1.54) is 38.5 Å². The molecule has 110 valence electrons. The molecule has 0 bridgehead atoms. The second kappa shape index (κ2) is 11.8. The predicted molar refractivity (Wildman–Crippen MR) is 71.9 cm³/mol. The van der Waals surface area contributed by atoms with E-state index in [1.54, 1.807) is 0 Å². The Kier molecular flexibility index (Phi) is 13.1. The quantitative estimate of drug-likeness (QED) is 0.319. The molecule has 0 atom stereocenters. The minimum atomic E-state index is -0.0801. The molecule has 0 radical (unpaired) electrons. The lowest BCUT2D eigenvalue weighted by Gasteiger charge is -2.22. The van der Waals surface area contributed by atoms with Crippen molar-refractivity contribution in [3.8, 4) is 0 Å². The van der Waals surface area contributed by atoms with Crippen LogP contribution in [0.5, 0.6) is 0 Å². The molecule has 4 heteroatoms. The number of rotatable bonds is 10. The number of quaternary nitrogens is 1. The number of esters is 1. The third kappa shape index (κ3) is 15.7. The molecule has 0 saturated heterocycles. The summed E-state index contributed by atoms with van der Waals surface area (Å²) in [4.78, 5) is 11.4. The number of carbonyl (C=O) groups is 1. The highest BCUT2D eigenvalue weighted by atomic mass is 35.5. The summed E-state index contributed by atoms with van der Waals surface area (Å²) in [5.74, 6) is -0.0801. The Bertz CT molecular complexity index is 202. The molecule has 0 aliphatic heterocycles. The van der Waals surface area contributed by atoms with Gasteiger partial charge in [-0.2, -0.15) is 0 Å². The highest BCUT2D eigenvalue weighted by Crippen LogP contribution is 2.06. The van der Waals surface area contributed by atoms with Gasteiger partial charge < -0.3 is 21.6 Å². The third-order valence-electron chi connectivity index (χ3n) is 2.61. The highest BCUT2D eigenvalue weighted by molar-refractivity contribution is 5.70. The van der Waals surface area contributed by atoms with E-state index in [2.05, 4.69) is 6.92 Å². The zero-order chi connectivity index (χ0) is 13.1. The van der Waals surface area contributed by atoms with Crippen LogP contribution in [0.4, 0.5) is 0 Å². The fraction of sp³-hybridized carbons (Fsp3) is 0.929. The number of hydrogen-bond donors (Lipinski definition) is 0. The SMILES string of the molecule is CCCCCCCCCOC(=O)C[N+](C)(C)C.[Cl-]. The Morgan fingerprint density at radius 1 is 0.944 bits per heavy atom. The van der Waals surface area contributed by atoms with Gasteiger partial charge in [0, 0.05) is 0 Å². The topological polar surface area (TPSA) is 26.3 Å². The molecule has 0 N–H and O–H groups in total. The number of unbranched alkanes of at least 4 members (excludes halogenated alkanes) is 6. The first-order chi connectivity index (χ1) is 7.95. The molecule has 0 aliphatic rings. The summed E-state index contributed by atoms with van der Waals surface area (Å²) in [5, 5.41) is 0.